The summed E-state index contributed by atoms with van der Waals surface area (Å²) in [4.78, 5) is -0.0325. The summed E-state index contributed by atoms with van der Waals surface area (Å²) in [6.45, 7) is 7.85. The fourth-order valence-electron chi connectivity index (χ4n) is 1.19. The summed E-state index contributed by atoms with van der Waals surface area (Å²) in [7, 11) is -4.05. The Kier molecular flexibility index (Phi) is 5.54. The highest BCUT2D eigenvalue weighted by atomic mass is 32.2. The molecule has 1 rings (SSSR count). The van der Waals surface area contributed by atoms with Crippen LogP contribution in [0.15, 0.2) is 23.1 Å². The third kappa shape index (κ3) is 4.01. The highest BCUT2D eigenvalue weighted by Gasteiger charge is 2.10. The van der Waals surface area contributed by atoms with E-state index in [9.17, 15) is 8.42 Å². The van der Waals surface area contributed by atoms with Gasteiger partial charge in [0.1, 0.15) is 0 Å². The van der Waals surface area contributed by atoms with E-state index < -0.39 is 10.1 Å². The first-order chi connectivity index (χ1) is 6.95. The molecule has 15 heavy (non-hydrogen) atoms. The van der Waals surface area contributed by atoms with Crippen LogP contribution in [-0.4, -0.2) is 13.0 Å². The first-order valence-electron chi connectivity index (χ1n) is 5.02. The summed E-state index contributed by atoms with van der Waals surface area (Å²) in [5.41, 5.74) is 1.98. The van der Waals surface area contributed by atoms with Crippen LogP contribution >= 0.6 is 0 Å². The lowest BCUT2D eigenvalue weighted by molar-refractivity contribution is 0.483. The van der Waals surface area contributed by atoms with Crippen LogP contribution < -0.4 is 0 Å². The van der Waals surface area contributed by atoms with Gasteiger partial charge in [-0.25, -0.2) is 0 Å². The van der Waals surface area contributed by atoms with Gasteiger partial charge in [0, 0.05) is 0 Å². The minimum atomic E-state index is -4.05. The van der Waals surface area contributed by atoms with Crippen molar-refractivity contribution >= 4 is 10.1 Å². The minimum Gasteiger partial charge on any atom is -0.282 e. The van der Waals surface area contributed by atoms with E-state index in [2.05, 4.69) is 0 Å². The van der Waals surface area contributed by atoms with Gasteiger partial charge in [-0.1, -0.05) is 26.8 Å². The maximum atomic E-state index is 10.8. The Morgan fingerprint density at radius 1 is 1.27 bits per heavy atom. The van der Waals surface area contributed by atoms with Gasteiger partial charge in [0.15, 0.2) is 0 Å². The molecular formula is C11H18O3S. The molecule has 0 bridgehead atoms. The second-order valence-electron chi connectivity index (χ2n) is 2.92. The van der Waals surface area contributed by atoms with Crippen molar-refractivity contribution in [2.45, 2.75) is 39.0 Å². The van der Waals surface area contributed by atoms with Crippen molar-refractivity contribution in [3.8, 4) is 0 Å². The molecule has 86 valence electrons. The molecule has 1 aromatic carbocycles. The van der Waals surface area contributed by atoms with E-state index in [1.165, 1.54) is 12.1 Å². The zero-order valence-corrected chi connectivity index (χ0v) is 10.4. The van der Waals surface area contributed by atoms with Crippen LogP contribution in [0.3, 0.4) is 0 Å². The van der Waals surface area contributed by atoms with Crippen molar-refractivity contribution in [3.63, 3.8) is 0 Å². The van der Waals surface area contributed by atoms with Crippen molar-refractivity contribution in [1.82, 2.24) is 0 Å². The molecule has 4 heteroatoms. The lowest BCUT2D eigenvalue weighted by atomic mass is 10.1. The molecule has 0 saturated carbocycles. The van der Waals surface area contributed by atoms with Gasteiger partial charge in [-0.05, 0) is 36.6 Å². The van der Waals surface area contributed by atoms with Gasteiger partial charge < -0.3 is 0 Å². The summed E-state index contributed by atoms with van der Waals surface area (Å²) in [6, 6.07) is 4.61. The Morgan fingerprint density at radius 3 is 2.20 bits per heavy atom. The van der Waals surface area contributed by atoms with Crippen molar-refractivity contribution in [2.24, 2.45) is 0 Å². The van der Waals surface area contributed by atoms with E-state index >= 15 is 0 Å². The fourth-order valence-corrected chi connectivity index (χ4v) is 1.72. The molecule has 1 aromatic rings. The zero-order chi connectivity index (χ0) is 12.1. The van der Waals surface area contributed by atoms with Crippen LogP contribution in [0.5, 0.6) is 0 Å². The average Bonchev–Trinajstić information content (AvgIpc) is 2.20. The van der Waals surface area contributed by atoms with Gasteiger partial charge in [0.2, 0.25) is 0 Å². The van der Waals surface area contributed by atoms with Crippen LogP contribution in [0.2, 0.25) is 0 Å². The molecular weight excluding hydrogens is 212 g/mol. The van der Waals surface area contributed by atoms with Crippen LogP contribution in [0.1, 0.15) is 31.9 Å². The molecule has 0 aliphatic carbocycles. The van der Waals surface area contributed by atoms with E-state index in [-0.39, 0.29) is 4.90 Å². The van der Waals surface area contributed by atoms with Gasteiger partial charge in [0.25, 0.3) is 10.1 Å². The summed E-state index contributed by atoms with van der Waals surface area (Å²) in [6.07, 6.45) is 0.759. The van der Waals surface area contributed by atoms with E-state index in [4.69, 9.17) is 4.55 Å². The van der Waals surface area contributed by atoms with Crippen molar-refractivity contribution in [2.75, 3.05) is 0 Å². The van der Waals surface area contributed by atoms with Gasteiger partial charge in [-0.2, -0.15) is 8.42 Å². The lowest BCUT2D eigenvalue weighted by Gasteiger charge is -2.04. The maximum absolute atomic E-state index is 10.8. The SMILES string of the molecule is CC.CCc1cc(S(=O)(=O)O)ccc1C. The van der Waals surface area contributed by atoms with Crippen LogP contribution in [0, 0.1) is 6.92 Å². The molecule has 0 atom stereocenters. The van der Waals surface area contributed by atoms with Crippen molar-refractivity contribution in [3.05, 3.63) is 29.3 Å². The predicted octanol–water partition coefficient (Wildman–Crippen LogP) is 2.83. The summed E-state index contributed by atoms with van der Waals surface area (Å²) in [5.74, 6) is 0. The monoisotopic (exact) mass is 230 g/mol. The summed E-state index contributed by atoms with van der Waals surface area (Å²) in [5, 5.41) is 0. The van der Waals surface area contributed by atoms with E-state index in [0.717, 1.165) is 17.5 Å². The molecule has 0 unspecified atom stereocenters. The molecule has 1 N–H and O–H groups in total. The normalized spacial score (nSPS) is 10.5. The molecule has 0 aliphatic heterocycles. The molecule has 0 fully saturated rings. The Morgan fingerprint density at radius 2 is 1.80 bits per heavy atom. The minimum absolute atomic E-state index is 0.0325. The number of hydrogen-bond acceptors (Lipinski definition) is 2. The lowest BCUT2D eigenvalue weighted by Crippen LogP contribution is -1.99. The highest BCUT2D eigenvalue weighted by Crippen LogP contribution is 2.15. The number of hydrogen-bond donors (Lipinski definition) is 1. The van der Waals surface area contributed by atoms with E-state index in [1.54, 1.807) is 6.07 Å². The second-order valence-corrected chi connectivity index (χ2v) is 4.34. The van der Waals surface area contributed by atoms with Crippen LogP contribution in [-0.2, 0) is 16.5 Å². The zero-order valence-electron chi connectivity index (χ0n) is 9.61. The molecule has 0 aliphatic rings. The Hall–Kier alpha value is -0.870. The number of rotatable bonds is 2. The Bertz CT molecular complexity index is 408. The van der Waals surface area contributed by atoms with E-state index in [1.807, 2.05) is 27.7 Å². The standard InChI is InChI=1S/C9H12O3S.C2H6/c1-3-8-6-9(13(10,11)12)5-4-7(8)2;1-2/h4-6H,3H2,1-2H3,(H,10,11,12);1-2H3. The molecule has 3 nitrogen and oxygen atoms in total. The third-order valence-corrected chi connectivity index (χ3v) is 2.85. The fraction of sp³-hybridized carbons (Fsp3) is 0.455. The number of aryl methyl sites for hydroxylation is 2. The number of benzene rings is 1. The van der Waals surface area contributed by atoms with Gasteiger partial charge in [-0.3, -0.25) is 4.55 Å². The molecule has 0 saturated heterocycles. The summed E-state index contributed by atoms with van der Waals surface area (Å²) >= 11 is 0. The van der Waals surface area contributed by atoms with Crippen molar-refractivity contribution < 1.29 is 13.0 Å². The smallest absolute Gasteiger partial charge is 0.282 e. The maximum Gasteiger partial charge on any atom is 0.294 e. The molecule has 0 amide bonds. The van der Waals surface area contributed by atoms with Gasteiger partial charge in [0.05, 0.1) is 4.90 Å². The molecule has 0 spiro atoms. The predicted molar refractivity (Wildman–Crippen MR) is 61.7 cm³/mol. The Balaban J connectivity index is 0.000000921. The highest BCUT2D eigenvalue weighted by molar-refractivity contribution is 7.85. The average molecular weight is 230 g/mol. The van der Waals surface area contributed by atoms with Crippen LogP contribution in [0.25, 0.3) is 0 Å². The van der Waals surface area contributed by atoms with Crippen molar-refractivity contribution in [1.29, 1.82) is 0 Å². The van der Waals surface area contributed by atoms with Gasteiger partial charge in [-0.15, -0.1) is 0 Å². The molecule has 0 heterocycles. The second kappa shape index (κ2) is 5.88. The van der Waals surface area contributed by atoms with Crippen LogP contribution in [0.4, 0.5) is 0 Å². The largest absolute Gasteiger partial charge is 0.294 e. The molecule has 0 radical (unpaired) electrons. The Labute approximate surface area is 91.9 Å². The van der Waals surface area contributed by atoms with Gasteiger partial charge >= 0.3 is 0 Å². The quantitative estimate of drug-likeness (QED) is 0.795. The topological polar surface area (TPSA) is 54.4 Å². The third-order valence-electron chi connectivity index (χ3n) is 2.00. The first-order valence-corrected chi connectivity index (χ1v) is 6.46. The summed E-state index contributed by atoms with van der Waals surface area (Å²) < 4.78 is 30.3. The molecule has 0 aromatic heterocycles. The van der Waals surface area contributed by atoms with E-state index in [0.29, 0.717) is 0 Å². The first kappa shape index (κ1) is 14.1.